The van der Waals surface area contributed by atoms with Crippen molar-refractivity contribution in [2.45, 2.75) is 6.92 Å². The number of hydrogen-bond acceptors (Lipinski definition) is 2. The van der Waals surface area contributed by atoms with E-state index >= 15 is 0 Å². The van der Waals surface area contributed by atoms with Gasteiger partial charge in [0, 0.05) is 5.69 Å². The molecule has 0 spiro atoms. The minimum Gasteiger partial charge on any atom is -0.758 e. The first-order chi connectivity index (χ1) is 4.70. The van der Waals surface area contributed by atoms with Gasteiger partial charge in [0.05, 0.1) is 0 Å². The Morgan fingerprint density at radius 2 is 2.10 bits per heavy atom. The van der Waals surface area contributed by atoms with Crippen molar-refractivity contribution in [1.82, 2.24) is 0 Å². The summed E-state index contributed by atoms with van der Waals surface area (Å²) in [5, 5.41) is 11.6. The largest absolute Gasteiger partial charge is 0.758 e. The van der Waals surface area contributed by atoms with Gasteiger partial charge in [-0.3, -0.25) is 0 Å². The number of rotatable bonds is 1. The molecule has 0 aliphatic carbocycles. The monoisotopic (exact) mass is 136 g/mol. The van der Waals surface area contributed by atoms with Gasteiger partial charge in [0.1, 0.15) is 0 Å². The first-order valence-electron chi connectivity index (χ1n) is 3.17. The van der Waals surface area contributed by atoms with Crippen molar-refractivity contribution in [3.63, 3.8) is 0 Å². The van der Waals surface area contributed by atoms with Gasteiger partial charge in [0.15, 0.2) is 0 Å². The fourth-order valence-corrected chi connectivity index (χ4v) is 0.824. The maximum absolute atomic E-state index is 10.7. The summed E-state index contributed by atoms with van der Waals surface area (Å²) in [6, 6.07) is 7.49. The number of nitrogens with zero attached hydrogens (tertiary/aromatic N) is 1. The molecule has 0 aliphatic heterocycles. The lowest BCUT2D eigenvalue weighted by Crippen LogP contribution is -2.05. The summed E-state index contributed by atoms with van der Waals surface area (Å²) < 4.78 is 0. The van der Waals surface area contributed by atoms with E-state index in [0.29, 0.717) is 5.69 Å². The lowest BCUT2D eigenvalue weighted by molar-refractivity contribution is 1.21. The molecule has 0 amide bonds. The van der Waals surface area contributed by atoms with E-state index in [1.165, 1.54) is 7.05 Å². The molecule has 1 aromatic rings. The predicted octanol–water partition coefficient (Wildman–Crippen LogP) is 1.93. The third-order valence-electron chi connectivity index (χ3n) is 1.37. The van der Waals surface area contributed by atoms with E-state index in [-0.39, 0.29) is 0 Å². The second-order valence-electron chi connectivity index (χ2n) is 2.34. The molecule has 54 valence electrons. The highest BCUT2D eigenvalue weighted by Gasteiger charge is 1.87. The summed E-state index contributed by atoms with van der Waals surface area (Å²) in [4.78, 5) is 0. The molecule has 0 unspecified atom stereocenters. The Kier molecular flexibility index (Phi) is 1.92. The molecule has 0 N–H and O–H groups in total. The second kappa shape index (κ2) is 2.71. The quantitative estimate of drug-likeness (QED) is 0.551. The maximum Gasteiger partial charge on any atom is 0.0259 e. The lowest BCUT2D eigenvalue weighted by Gasteiger charge is -2.24. The molecular weight excluding hydrogens is 126 g/mol. The topological polar surface area (TPSA) is 26.3 Å². The van der Waals surface area contributed by atoms with Crippen LogP contribution in [0.3, 0.4) is 0 Å². The highest BCUT2D eigenvalue weighted by Crippen LogP contribution is 2.12. The van der Waals surface area contributed by atoms with Crippen molar-refractivity contribution >= 4 is 5.69 Å². The third kappa shape index (κ3) is 1.48. The zero-order valence-corrected chi connectivity index (χ0v) is 6.16. The van der Waals surface area contributed by atoms with E-state index in [2.05, 4.69) is 0 Å². The molecule has 0 bridgehead atoms. The first kappa shape index (κ1) is 7.09. The summed E-state index contributed by atoms with van der Waals surface area (Å²) in [6.45, 7) is 1.97. The van der Waals surface area contributed by atoms with E-state index in [1.807, 2.05) is 25.1 Å². The van der Waals surface area contributed by atoms with Gasteiger partial charge in [-0.25, -0.2) is 0 Å². The van der Waals surface area contributed by atoms with Crippen molar-refractivity contribution in [1.29, 1.82) is 0 Å². The van der Waals surface area contributed by atoms with Crippen molar-refractivity contribution < 1.29 is 0 Å². The molecule has 2 nitrogen and oxygen atoms in total. The molecule has 1 aromatic carbocycles. The smallest absolute Gasteiger partial charge is 0.0259 e. The zero-order valence-electron chi connectivity index (χ0n) is 6.16. The van der Waals surface area contributed by atoms with E-state index < -0.39 is 0 Å². The maximum atomic E-state index is 10.7. The van der Waals surface area contributed by atoms with Crippen molar-refractivity contribution in [2.24, 2.45) is 0 Å². The highest BCUT2D eigenvalue weighted by molar-refractivity contribution is 5.47. The van der Waals surface area contributed by atoms with Crippen LogP contribution >= 0.6 is 0 Å². The normalized spacial score (nSPS) is 9.50. The minimum atomic E-state index is 0.708. The van der Waals surface area contributed by atoms with Crippen LogP contribution in [0.5, 0.6) is 0 Å². The molecule has 10 heavy (non-hydrogen) atoms. The summed E-state index contributed by atoms with van der Waals surface area (Å²) >= 11 is 0. The van der Waals surface area contributed by atoms with Gasteiger partial charge in [0.2, 0.25) is 0 Å². The third-order valence-corrected chi connectivity index (χ3v) is 1.37. The predicted molar refractivity (Wildman–Crippen MR) is 42.9 cm³/mol. The van der Waals surface area contributed by atoms with Gasteiger partial charge in [0.25, 0.3) is 0 Å². The molecular formula is C8H10NO-. The summed E-state index contributed by atoms with van der Waals surface area (Å²) in [7, 11) is 1.49. The molecule has 0 fully saturated rings. The highest BCUT2D eigenvalue weighted by atomic mass is 16.5. The fourth-order valence-electron chi connectivity index (χ4n) is 0.824. The van der Waals surface area contributed by atoms with Crippen LogP contribution in [0.2, 0.25) is 0 Å². The summed E-state index contributed by atoms with van der Waals surface area (Å²) in [6.07, 6.45) is 0. The second-order valence-corrected chi connectivity index (χ2v) is 2.34. The standard InChI is InChI=1S/C8H10NO/c1-7-4-3-5-8(6-7)9(2)10/h3-6H,1-2H3/q-1. The first-order valence-corrected chi connectivity index (χ1v) is 3.17. The molecule has 0 aliphatic rings. The van der Waals surface area contributed by atoms with Gasteiger partial charge >= 0.3 is 0 Å². The molecule has 0 saturated carbocycles. The van der Waals surface area contributed by atoms with Crippen molar-refractivity contribution in [3.05, 3.63) is 35.0 Å². The number of anilines is 1. The van der Waals surface area contributed by atoms with Crippen LogP contribution in [0.25, 0.3) is 0 Å². The number of hydroxylamine groups is 1. The number of aryl methyl sites for hydroxylation is 1. The number of hydrogen-bond donors (Lipinski definition) is 0. The zero-order chi connectivity index (χ0) is 7.56. The van der Waals surface area contributed by atoms with Crippen LogP contribution in [0.4, 0.5) is 5.69 Å². The molecule has 0 radical (unpaired) electrons. The van der Waals surface area contributed by atoms with Crippen molar-refractivity contribution in [2.75, 3.05) is 12.1 Å². The molecule has 1 rings (SSSR count). The lowest BCUT2D eigenvalue weighted by atomic mass is 10.2. The molecule has 0 heterocycles. The Bertz CT molecular complexity index is 220. The molecule has 0 aromatic heterocycles. The van der Waals surface area contributed by atoms with Crippen LogP contribution in [0.1, 0.15) is 5.56 Å². The van der Waals surface area contributed by atoms with Crippen molar-refractivity contribution in [3.8, 4) is 0 Å². The number of benzene rings is 1. The van der Waals surface area contributed by atoms with E-state index in [1.54, 1.807) is 6.07 Å². The average molecular weight is 136 g/mol. The molecule has 0 saturated heterocycles. The Balaban J connectivity index is 2.96. The Hall–Kier alpha value is -1.02. The van der Waals surface area contributed by atoms with Gasteiger partial charge in [-0.2, -0.15) is 0 Å². The van der Waals surface area contributed by atoms with Crippen LogP contribution in [0.15, 0.2) is 24.3 Å². The van der Waals surface area contributed by atoms with E-state index in [4.69, 9.17) is 0 Å². The molecule has 2 heteroatoms. The minimum absolute atomic E-state index is 0.708. The van der Waals surface area contributed by atoms with Crippen LogP contribution in [0, 0.1) is 12.1 Å². The summed E-state index contributed by atoms with van der Waals surface area (Å²) in [5.41, 5.74) is 1.82. The Labute approximate surface area is 60.7 Å². The van der Waals surface area contributed by atoms with Gasteiger partial charge in [-0.15, -0.1) is 0 Å². The van der Waals surface area contributed by atoms with E-state index in [0.717, 1.165) is 10.6 Å². The van der Waals surface area contributed by atoms with Gasteiger partial charge < -0.3 is 10.3 Å². The fraction of sp³-hybridized carbons (Fsp3) is 0.250. The Morgan fingerprint density at radius 3 is 2.50 bits per heavy atom. The SMILES string of the molecule is Cc1cccc(N(C)[O-])c1. The Morgan fingerprint density at radius 1 is 1.40 bits per heavy atom. The average Bonchev–Trinajstić information content (AvgIpc) is 1.88. The molecule has 0 atom stereocenters. The summed E-state index contributed by atoms with van der Waals surface area (Å²) in [5.74, 6) is 0. The van der Waals surface area contributed by atoms with Crippen LogP contribution < -0.4 is 5.06 Å². The van der Waals surface area contributed by atoms with E-state index in [9.17, 15) is 5.21 Å². The van der Waals surface area contributed by atoms with Crippen LogP contribution in [-0.4, -0.2) is 7.05 Å². The van der Waals surface area contributed by atoms with Crippen LogP contribution in [-0.2, 0) is 0 Å². The van der Waals surface area contributed by atoms with Gasteiger partial charge in [-0.05, 0) is 31.7 Å². The van der Waals surface area contributed by atoms with Gasteiger partial charge in [-0.1, -0.05) is 12.1 Å².